The predicted molar refractivity (Wildman–Crippen MR) is 60.5 cm³/mol. The summed E-state index contributed by atoms with van der Waals surface area (Å²) in [6.45, 7) is 2.90. The van der Waals surface area contributed by atoms with Crippen LogP contribution in [0.4, 0.5) is 0 Å². The van der Waals surface area contributed by atoms with E-state index < -0.39 is 5.41 Å². The maximum Gasteiger partial charge on any atom is 0.240 e. The SMILES string of the molecule is CN1CCC(CNC(=O)C2(C#N)CCC2)C1. The molecule has 2 rings (SSSR count). The second-order valence-corrected chi connectivity index (χ2v) is 5.17. The third kappa shape index (κ3) is 2.05. The van der Waals surface area contributed by atoms with Crippen molar-refractivity contribution in [3.63, 3.8) is 0 Å². The van der Waals surface area contributed by atoms with Crippen molar-refractivity contribution >= 4 is 5.91 Å². The molecule has 88 valence electrons. The van der Waals surface area contributed by atoms with Crippen molar-refractivity contribution in [2.75, 3.05) is 26.7 Å². The highest BCUT2D eigenvalue weighted by Crippen LogP contribution is 2.40. The molecule has 4 heteroatoms. The van der Waals surface area contributed by atoms with E-state index in [4.69, 9.17) is 5.26 Å². The van der Waals surface area contributed by atoms with E-state index >= 15 is 0 Å². The van der Waals surface area contributed by atoms with Gasteiger partial charge in [-0.05, 0) is 45.2 Å². The van der Waals surface area contributed by atoms with E-state index in [0.29, 0.717) is 5.92 Å². The van der Waals surface area contributed by atoms with Gasteiger partial charge in [0.15, 0.2) is 0 Å². The lowest BCUT2D eigenvalue weighted by atomic mass is 9.69. The van der Waals surface area contributed by atoms with Gasteiger partial charge in [0.25, 0.3) is 0 Å². The molecule has 1 aliphatic heterocycles. The summed E-state index contributed by atoms with van der Waals surface area (Å²) in [5, 5.41) is 12.0. The van der Waals surface area contributed by atoms with Gasteiger partial charge < -0.3 is 10.2 Å². The number of nitriles is 1. The van der Waals surface area contributed by atoms with E-state index in [2.05, 4.69) is 23.3 Å². The van der Waals surface area contributed by atoms with Gasteiger partial charge in [0.2, 0.25) is 5.91 Å². The summed E-state index contributed by atoms with van der Waals surface area (Å²) in [7, 11) is 2.10. The average molecular weight is 221 g/mol. The Morgan fingerprint density at radius 1 is 1.62 bits per heavy atom. The van der Waals surface area contributed by atoms with Crippen molar-refractivity contribution in [3.8, 4) is 6.07 Å². The van der Waals surface area contributed by atoms with Crippen LogP contribution in [0.3, 0.4) is 0 Å². The molecule has 1 saturated carbocycles. The molecule has 0 spiro atoms. The molecule has 1 saturated heterocycles. The van der Waals surface area contributed by atoms with Gasteiger partial charge in [-0.15, -0.1) is 0 Å². The molecular weight excluding hydrogens is 202 g/mol. The lowest BCUT2D eigenvalue weighted by molar-refractivity contribution is -0.131. The number of nitrogens with zero attached hydrogens (tertiary/aromatic N) is 2. The topological polar surface area (TPSA) is 56.1 Å². The Morgan fingerprint density at radius 2 is 2.38 bits per heavy atom. The van der Waals surface area contributed by atoms with Crippen LogP contribution in [0.2, 0.25) is 0 Å². The molecule has 1 amide bonds. The van der Waals surface area contributed by atoms with Gasteiger partial charge in [-0.25, -0.2) is 0 Å². The molecule has 0 bridgehead atoms. The Hall–Kier alpha value is -1.08. The predicted octanol–water partition coefficient (Wildman–Crippen LogP) is 0.748. The van der Waals surface area contributed by atoms with Gasteiger partial charge in [-0.2, -0.15) is 5.26 Å². The third-order valence-corrected chi connectivity index (χ3v) is 3.90. The molecule has 1 N–H and O–H groups in total. The second kappa shape index (κ2) is 4.42. The minimum absolute atomic E-state index is 0.0456. The Morgan fingerprint density at radius 3 is 2.81 bits per heavy atom. The molecule has 1 heterocycles. The Kier molecular flexibility index (Phi) is 3.15. The van der Waals surface area contributed by atoms with Crippen molar-refractivity contribution in [2.45, 2.75) is 25.7 Å². The largest absolute Gasteiger partial charge is 0.354 e. The lowest BCUT2D eigenvalue weighted by Crippen LogP contribution is -2.46. The van der Waals surface area contributed by atoms with Gasteiger partial charge in [-0.3, -0.25) is 4.79 Å². The zero-order valence-corrected chi connectivity index (χ0v) is 9.83. The fourth-order valence-corrected chi connectivity index (χ4v) is 2.52. The molecule has 1 aliphatic carbocycles. The lowest BCUT2D eigenvalue weighted by Gasteiger charge is -2.33. The maximum atomic E-state index is 11.9. The highest BCUT2D eigenvalue weighted by atomic mass is 16.2. The van der Waals surface area contributed by atoms with Crippen LogP contribution >= 0.6 is 0 Å². The first-order chi connectivity index (χ1) is 7.66. The van der Waals surface area contributed by atoms with Crippen LogP contribution in [0.5, 0.6) is 0 Å². The zero-order valence-electron chi connectivity index (χ0n) is 9.83. The summed E-state index contributed by atoms with van der Waals surface area (Å²) in [5.74, 6) is 0.514. The van der Waals surface area contributed by atoms with E-state index in [0.717, 1.165) is 45.3 Å². The highest BCUT2D eigenvalue weighted by molar-refractivity contribution is 5.86. The Bertz CT molecular complexity index is 317. The third-order valence-electron chi connectivity index (χ3n) is 3.90. The van der Waals surface area contributed by atoms with Crippen LogP contribution in [0.1, 0.15) is 25.7 Å². The number of rotatable bonds is 3. The van der Waals surface area contributed by atoms with Crippen molar-refractivity contribution in [3.05, 3.63) is 0 Å². The molecule has 0 aromatic carbocycles. The van der Waals surface area contributed by atoms with E-state index in [1.807, 2.05) is 0 Å². The highest BCUT2D eigenvalue weighted by Gasteiger charge is 2.44. The first-order valence-corrected chi connectivity index (χ1v) is 6.04. The van der Waals surface area contributed by atoms with Crippen LogP contribution < -0.4 is 5.32 Å². The fraction of sp³-hybridized carbons (Fsp3) is 0.833. The summed E-state index contributed by atoms with van der Waals surface area (Å²) >= 11 is 0. The zero-order chi connectivity index (χ0) is 11.6. The normalized spacial score (nSPS) is 28.1. The summed E-state index contributed by atoms with van der Waals surface area (Å²) in [6.07, 6.45) is 3.63. The van der Waals surface area contributed by atoms with Crippen molar-refractivity contribution in [1.82, 2.24) is 10.2 Å². The summed E-state index contributed by atoms with van der Waals surface area (Å²) < 4.78 is 0. The first kappa shape index (κ1) is 11.4. The van der Waals surface area contributed by atoms with Gasteiger partial charge in [0.1, 0.15) is 5.41 Å². The van der Waals surface area contributed by atoms with E-state index in [1.165, 1.54) is 0 Å². The number of hydrogen-bond donors (Lipinski definition) is 1. The maximum absolute atomic E-state index is 11.9. The van der Waals surface area contributed by atoms with E-state index in [-0.39, 0.29) is 5.91 Å². The van der Waals surface area contributed by atoms with Crippen molar-refractivity contribution in [2.24, 2.45) is 11.3 Å². The second-order valence-electron chi connectivity index (χ2n) is 5.17. The number of carbonyl (C=O) groups excluding carboxylic acids is 1. The van der Waals surface area contributed by atoms with Crippen molar-refractivity contribution in [1.29, 1.82) is 5.26 Å². The number of amides is 1. The smallest absolute Gasteiger partial charge is 0.240 e. The van der Waals surface area contributed by atoms with Crippen LogP contribution in [-0.4, -0.2) is 37.5 Å². The van der Waals surface area contributed by atoms with Gasteiger partial charge in [-0.1, -0.05) is 0 Å². The van der Waals surface area contributed by atoms with Gasteiger partial charge >= 0.3 is 0 Å². The van der Waals surface area contributed by atoms with Gasteiger partial charge in [0.05, 0.1) is 6.07 Å². The quantitative estimate of drug-likeness (QED) is 0.765. The molecule has 2 fully saturated rings. The molecule has 0 radical (unpaired) electrons. The number of carbonyl (C=O) groups is 1. The number of hydrogen-bond acceptors (Lipinski definition) is 3. The summed E-state index contributed by atoms with van der Waals surface area (Å²) in [5.41, 5.74) is -0.690. The number of nitrogens with one attached hydrogen (secondary N) is 1. The molecule has 0 aromatic heterocycles. The van der Waals surface area contributed by atoms with E-state index in [1.54, 1.807) is 0 Å². The van der Waals surface area contributed by atoms with Crippen LogP contribution in [0.25, 0.3) is 0 Å². The van der Waals surface area contributed by atoms with Crippen molar-refractivity contribution < 1.29 is 4.79 Å². The minimum atomic E-state index is -0.690. The average Bonchev–Trinajstić information content (AvgIpc) is 2.60. The van der Waals surface area contributed by atoms with E-state index in [9.17, 15) is 4.79 Å². The van der Waals surface area contributed by atoms with Crippen LogP contribution in [-0.2, 0) is 4.79 Å². The molecular formula is C12H19N3O. The summed E-state index contributed by atoms with van der Waals surface area (Å²) in [4.78, 5) is 14.1. The standard InChI is InChI=1S/C12H19N3O/c1-15-6-3-10(8-15)7-14-11(16)12(9-13)4-2-5-12/h10H,2-8H2,1H3,(H,14,16). The van der Waals surface area contributed by atoms with Crippen LogP contribution in [0, 0.1) is 22.7 Å². The number of likely N-dealkylation sites (tertiary alicyclic amines) is 1. The first-order valence-electron chi connectivity index (χ1n) is 6.04. The van der Waals surface area contributed by atoms with Crippen LogP contribution in [0.15, 0.2) is 0 Å². The molecule has 1 unspecified atom stereocenters. The Balaban J connectivity index is 1.78. The Labute approximate surface area is 96.6 Å². The van der Waals surface area contributed by atoms with Gasteiger partial charge in [0, 0.05) is 13.1 Å². The summed E-state index contributed by atoms with van der Waals surface area (Å²) in [6, 6.07) is 2.18. The monoisotopic (exact) mass is 221 g/mol. The molecule has 4 nitrogen and oxygen atoms in total. The fourth-order valence-electron chi connectivity index (χ4n) is 2.52. The minimum Gasteiger partial charge on any atom is -0.354 e. The molecule has 1 atom stereocenters. The molecule has 0 aromatic rings. The molecule has 2 aliphatic rings. The molecule has 16 heavy (non-hydrogen) atoms.